The highest BCUT2D eigenvalue weighted by atomic mass is 35.5. The van der Waals surface area contributed by atoms with Crippen LogP contribution >= 0.6 is 23.2 Å². The van der Waals surface area contributed by atoms with Crippen molar-refractivity contribution >= 4 is 29.0 Å². The lowest BCUT2D eigenvalue weighted by Gasteiger charge is -2.17. The molecule has 0 bridgehead atoms. The normalized spacial score (nSPS) is 12.4. The van der Waals surface area contributed by atoms with E-state index in [4.69, 9.17) is 34.8 Å². The zero-order valence-electron chi connectivity index (χ0n) is 10.1. The van der Waals surface area contributed by atoms with Crippen molar-refractivity contribution < 1.29 is 0 Å². The van der Waals surface area contributed by atoms with E-state index >= 15 is 0 Å². The number of hydrazine groups is 1. The van der Waals surface area contributed by atoms with Crippen molar-refractivity contribution in [2.75, 3.05) is 5.73 Å². The SMILES string of the molecule is NNC(Cc1ccnc(N)c1)c1cc(Cl)cc(Cl)c1. The second-order valence-electron chi connectivity index (χ2n) is 4.22. The minimum absolute atomic E-state index is 0.0991. The maximum absolute atomic E-state index is 6.00. The molecule has 0 amide bonds. The highest BCUT2D eigenvalue weighted by molar-refractivity contribution is 6.34. The summed E-state index contributed by atoms with van der Waals surface area (Å²) in [4.78, 5) is 3.96. The van der Waals surface area contributed by atoms with Crippen molar-refractivity contribution in [1.82, 2.24) is 10.4 Å². The lowest BCUT2D eigenvalue weighted by atomic mass is 10.00. The summed E-state index contributed by atoms with van der Waals surface area (Å²) < 4.78 is 0. The summed E-state index contributed by atoms with van der Waals surface area (Å²) in [5.74, 6) is 6.09. The van der Waals surface area contributed by atoms with Gasteiger partial charge in [-0.05, 0) is 47.9 Å². The molecule has 0 saturated heterocycles. The minimum Gasteiger partial charge on any atom is -0.384 e. The molecule has 4 nitrogen and oxygen atoms in total. The molecule has 19 heavy (non-hydrogen) atoms. The molecule has 100 valence electrons. The number of aromatic nitrogens is 1. The first-order valence-electron chi connectivity index (χ1n) is 5.71. The molecule has 5 N–H and O–H groups in total. The monoisotopic (exact) mass is 296 g/mol. The molecular weight excluding hydrogens is 283 g/mol. The van der Waals surface area contributed by atoms with Crippen molar-refractivity contribution in [3.8, 4) is 0 Å². The van der Waals surface area contributed by atoms with E-state index in [1.807, 2.05) is 24.3 Å². The molecule has 0 aliphatic carbocycles. The van der Waals surface area contributed by atoms with E-state index in [1.54, 1.807) is 12.3 Å². The first-order valence-corrected chi connectivity index (χ1v) is 6.46. The van der Waals surface area contributed by atoms with Gasteiger partial charge in [0.15, 0.2) is 0 Å². The van der Waals surface area contributed by atoms with Crippen LogP contribution in [0.25, 0.3) is 0 Å². The third-order valence-electron chi connectivity index (χ3n) is 2.77. The number of hydrogen-bond donors (Lipinski definition) is 3. The molecule has 1 aromatic carbocycles. The molecule has 2 aromatic rings. The van der Waals surface area contributed by atoms with Gasteiger partial charge in [0, 0.05) is 16.2 Å². The topological polar surface area (TPSA) is 77.0 Å². The largest absolute Gasteiger partial charge is 0.384 e. The Hall–Kier alpha value is -1.33. The van der Waals surface area contributed by atoms with Crippen molar-refractivity contribution in [3.63, 3.8) is 0 Å². The Kier molecular flexibility index (Phi) is 4.61. The smallest absolute Gasteiger partial charge is 0.123 e. The number of nitrogen functional groups attached to an aromatic ring is 1. The Bertz CT molecular complexity index is 554. The number of hydrogen-bond acceptors (Lipinski definition) is 4. The Morgan fingerprint density at radius 2 is 1.84 bits per heavy atom. The third-order valence-corrected chi connectivity index (χ3v) is 3.21. The van der Waals surface area contributed by atoms with Gasteiger partial charge >= 0.3 is 0 Å². The van der Waals surface area contributed by atoms with Crippen LogP contribution in [0, 0.1) is 0 Å². The lowest BCUT2D eigenvalue weighted by Crippen LogP contribution is -2.29. The van der Waals surface area contributed by atoms with Crippen LogP contribution in [0.4, 0.5) is 5.82 Å². The summed E-state index contributed by atoms with van der Waals surface area (Å²) in [7, 11) is 0. The van der Waals surface area contributed by atoms with Crippen LogP contribution in [0.1, 0.15) is 17.2 Å². The zero-order valence-corrected chi connectivity index (χ0v) is 11.6. The number of nitrogens with one attached hydrogen (secondary N) is 1. The highest BCUT2D eigenvalue weighted by Gasteiger charge is 2.12. The average molecular weight is 297 g/mol. The van der Waals surface area contributed by atoms with Crippen LogP contribution in [0.15, 0.2) is 36.5 Å². The number of halogens is 2. The Morgan fingerprint density at radius 1 is 1.16 bits per heavy atom. The number of rotatable bonds is 4. The van der Waals surface area contributed by atoms with E-state index in [1.165, 1.54) is 0 Å². The number of pyridine rings is 1. The van der Waals surface area contributed by atoms with E-state index in [0.29, 0.717) is 22.3 Å². The van der Waals surface area contributed by atoms with Gasteiger partial charge in [0.1, 0.15) is 5.82 Å². The first kappa shape index (κ1) is 14.1. The summed E-state index contributed by atoms with van der Waals surface area (Å²) in [6.07, 6.45) is 2.34. The summed E-state index contributed by atoms with van der Waals surface area (Å²) >= 11 is 12.0. The lowest BCUT2D eigenvalue weighted by molar-refractivity contribution is 0.552. The molecule has 1 aromatic heterocycles. The fourth-order valence-electron chi connectivity index (χ4n) is 1.91. The minimum atomic E-state index is -0.0991. The molecule has 2 rings (SSSR count). The van der Waals surface area contributed by atoms with Crippen molar-refractivity contribution in [1.29, 1.82) is 0 Å². The third kappa shape index (κ3) is 3.81. The Morgan fingerprint density at radius 3 is 2.42 bits per heavy atom. The molecule has 0 aliphatic heterocycles. The van der Waals surface area contributed by atoms with Gasteiger partial charge in [-0.15, -0.1) is 0 Å². The van der Waals surface area contributed by atoms with E-state index < -0.39 is 0 Å². The molecule has 0 aliphatic rings. The standard InChI is InChI=1S/C13H14Cl2N4/c14-10-5-9(6-11(15)7-10)12(19-17)3-8-1-2-18-13(16)4-8/h1-2,4-7,12,19H,3,17H2,(H2,16,18). The maximum Gasteiger partial charge on any atom is 0.123 e. The Balaban J connectivity index is 2.24. The van der Waals surface area contributed by atoms with Gasteiger partial charge in [0.2, 0.25) is 0 Å². The summed E-state index contributed by atoms with van der Waals surface area (Å²) in [5.41, 5.74) is 10.4. The Labute approximate surface area is 121 Å². The summed E-state index contributed by atoms with van der Waals surface area (Å²) in [6, 6.07) is 8.97. The fourth-order valence-corrected chi connectivity index (χ4v) is 2.45. The van der Waals surface area contributed by atoms with Gasteiger partial charge in [0.05, 0.1) is 6.04 Å². The van der Waals surface area contributed by atoms with Crippen LogP contribution < -0.4 is 17.0 Å². The maximum atomic E-state index is 6.00. The first-order chi connectivity index (χ1) is 9.08. The summed E-state index contributed by atoms with van der Waals surface area (Å²) in [6.45, 7) is 0. The number of anilines is 1. The second-order valence-corrected chi connectivity index (χ2v) is 5.09. The van der Waals surface area contributed by atoms with E-state index in [9.17, 15) is 0 Å². The van der Waals surface area contributed by atoms with E-state index in [0.717, 1.165) is 11.1 Å². The van der Waals surface area contributed by atoms with Gasteiger partial charge in [-0.1, -0.05) is 23.2 Å². The molecular formula is C13H14Cl2N4. The highest BCUT2D eigenvalue weighted by Crippen LogP contribution is 2.25. The van der Waals surface area contributed by atoms with Crippen molar-refractivity contribution in [3.05, 3.63) is 57.7 Å². The van der Waals surface area contributed by atoms with Gasteiger partial charge in [0.25, 0.3) is 0 Å². The predicted molar refractivity (Wildman–Crippen MR) is 78.9 cm³/mol. The molecule has 0 fully saturated rings. The molecule has 1 atom stereocenters. The molecule has 0 radical (unpaired) electrons. The van der Waals surface area contributed by atoms with E-state index in [-0.39, 0.29) is 6.04 Å². The van der Waals surface area contributed by atoms with Gasteiger partial charge in [-0.3, -0.25) is 11.3 Å². The number of nitrogens with two attached hydrogens (primary N) is 2. The average Bonchev–Trinajstić information content (AvgIpc) is 2.34. The van der Waals surface area contributed by atoms with Gasteiger partial charge < -0.3 is 5.73 Å². The van der Waals surface area contributed by atoms with Gasteiger partial charge in [-0.2, -0.15) is 0 Å². The van der Waals surface area contributed by atoms with Crippen LogP contribution in [-0.4, -0.2) is 4.98 Å². The number of benzene rings is 1. The number of nitrogens with zero attached hydrogens (tertiary/aromatic N) is 1. The fraction of sp³-hybridized carbons (Fsp3) is 0.154. The second kappa shape index (κ2) is 6.21. The predicted octanol–water partition coefficient (Wildman–Crippen LogP) is 2.72. The molecule has 0 saturated carbocycles. The molecule has 1 heterocycles. The summed E-state index contributed by atoms with van der Waals surface area (Å²) in [5, 5.41) is 1.16. The van der Waals surface area contributed by atoms with Crippen molar-refractivity contribution in [2.24, 2.45) is 5.84 Å². The van der Waals surface area contributed by atoms with Crippen LogP contribution in [0.2, 0.25) is 10.0 Å². The van der Waals surface area contributed by atoms with Crippen LogP contribution in [0.5, 0.6) is 0 Å². The quantitative estimate of drug-likeness (QED) is 0.599. The molecule has 1 unspecified atom stereocenters. The molecule has 0 spiro atoms. The van der Waals surface area contributed by atoms with Crippen LogP contribution in [0.3, 0.4) is 0 Å². The zero-order chi connectivity index (χ0) is 13.8. The van der Waals surface area contributed by atoms with Crippen LogP contribution in [-0.2, 0) is 6.42 Å². The van der Waals surface area contributed by atoms with E-state index in [2.05, 4.69) is 10.4 Å². The van der Waals surface area contributed by atoms with Crippen molar-refractivity contribution in [2.45, 2.75) is 12.5 Å². The van der Waals surface area contributed by atoms with Gasteiger partial charge in [-0.25, -0.2) is 4.98 Å². The molecule has 6 heteroatoms.